The second-order valence-corrected chi connectivity index (χ2v) is 5.87. The molecule has 0 fully saturated rings. The molecule has 0 saturated carbocycles. The summed E-state index contributed by atoms with van der Waals surface area (Å²) >= 11 is 0. The van der Waals surface area contributed by atoms with Crippen molar-refractivity contribution in [2.75, 3.05) is 0 Å². The number of halogens is 1. The maximum absolute atomic E-state index is 13.3. The highest BCUT2D eigenvalue weighted by atomic mass is 19.1. The molecule has 4 aromatic rings. The van der Waals surface area contributed by atoms with Crippen LogP contribution in [0.1, 0.15) is 11.3 Å². The minimum absolute atomic E-state index is 0.250. The van der Waals surface area contributed by atoms with Crippen molar-refractivity contribution in [2.45, 2.75) is 13.8 Å². The molecule has 0 saturated heterocycles. The largest absolute Gasteiger partial charge is 0.265 e. The molecular weight excluding hydrogens is 301 g/mol. The molecule has 4 rings (SSSR count). The van der Waals surface area contributed by atoms with Crippen molar-refractivity contribution in [1.82, 2.24) is 14.6 Å². The van der Waals surface area contributed by atoms with E-state index in [-0.39, 0.29) is 5.82 Å². The SMILES string of the molecule is Cc1ccc2c(-c3ccncc3)c(-c3ccc(F)cc3)nn2c1C. The average molecular weight is 317 g/mol. The second-order valence-electron chi connectivity index (χ2n) is 5.87. The smallest absolute Gasteiger partial charge is 0.123 e. The lowest BCUT2D eigenvalue weighted by atomic mass is 10.0. The summed E-state index contributed by atoms with van der Waals surface area (Å²) < 4.78 is 15.3. The Kier molecular flexibility index (Phi) is 3.38. The predicted octanol–water partition coefficient (Wildman–Crippen LogP) is 4.82. The highest BCUT2D eigenvalue weighted by molar-refractivity contribution is 5.92. The summed E-state index contributed by atoms with van der Waals surface area (Å²) in [4.78, 5) is 4.10. The summed E-state index contributed by atoms with van der Waals surface area (Å²) in [5.41, 5.74) is 7.12. The van der Waals surface area contributed by atoms with Crippen LogP contribution in [0.5, 0.6) is 0 Å². The Bertz CT molecular complexity index is 1020. The molecule has 118 valence electrons. The lowest BCUT2D eigenvalue weighted by Crippen LogP contribution is -1.95. The van der Waals surface area contributed by atoms with E-state index in [1.165, 1.54) is 17.7 Å². The van der Waals surface area contributed by atoms with E-state index in [0.717, 1.165) is 33.6 Å². The molecule has 0 aliphatic heterocycles. The van der Waals surface area contributed by atoms with Gasteiger partial charge < -0.3 is 0 Å². The van der Waals surface area contributed by atoms with Crippen LogP contribution in [0, 0.1) is 19.7 Å². The molecule has 4 heteroatoms. The molecule has 24 heavy (non-hydrogen) atoms. The molecule has 0 aliphatic rings. The zero-order chi connectivity index (χ0) is 16.7. The Hall–Kier alpha value is -3.01. The molecule has 3 nitrogen and oxygen atoms in total. The molecular formula is C20H16FN3. The van der Waals surface area contributed by atoms with Gasteiger partial charge in [0.05, 0.1) is 5.52 Å². The van der Waals surface area contributed by atoms with Gasteiger partial charge >= 0.3 is 0 Å². The minimum atomic E-state index is -0.250. The monoisotopic (exact) mass is 317 g/mol. The predicted molar refractivity (Wildman–Crippen MR) is 93.3 cm³/mol. The summed E-state index contributed by atoms with van der Waals surface area (Å²) in [7, 11) is 0. The normalized spacial score (nSPS) is 11.1. The first-order chi connectivity index (χ1) is 11.6. The first-order valence-electron chi connectivity index (χ1n) is 7.80. The van der Waals surface area contributed by atoms with Crippen molar-refractivity contribution in [2.24, 2.45) is 0 Å². The van der Waals surface area contributed by atoms with Crippen molar-refractivity contribution in [3.8, 4) is 22.4 Å². The number of pyridine rings is 2. The van der Waals surface area contributed by atoms with Gasteiger partial charge in [-0.15, -0.1) is 0 Å². The Morgan fingerprint density at radius 2 is 1.54 bits per heavy atom. The van der Waals surface area contributed by atoms with E-state index in [1.54, 1.807) is 24.5 Å². The summed E-state index contributed by atoms with van der Waals surface area (Å²) in [6.45, 7) is 4.13. The third-order valence-corrected chi connectivity index (χ3v) is 4.39. The van der Waals surface area contributed by atoms with E-state index < -0.39 is 0 Å². The Labute approximate surface area is 139 Å². The van der Waals surface area contributed by atoms with Crippen LogP contribution < -0.4 is 0 Å². The summed E-state index contributed by atoms with van der Waals surface area (Å²) in [5, 5.41) is 4.82. The lowest BCUT2D eigenvalue weighted by Gasteiger charge is -2.05. The highest BCUT2D eigenvalue weighted by Crippen LogP contribution is 2.35. The molecule has 0 amide bonds. The standard InChI is InChI=1S/C20H16FN3/c1-13-3-8-18-19(15-9-11-22-12-10-15)20(23-24(18)14(13)2)16-4-6-17(21)7-5-16/h3-12H,1-2H3. The van der Waals surface area contributed by atoms with Gasteiger partial charge in [-0.05, 0) is 67.4 Å². The van der Waals surface area contributed by atoms with Crippen molar-refractivity contribution in [1.29, 1.82) is 0 Å². The average Bonchev–Trinajstić information content (AvgIpc) is 3.00. The zero-order valence-electron chi connectivity index (χ0n) is 13.5. The molecule has 0 N–H and O–H groups in total. The first kappa shape index (κ1) is 14.6. The fourth-order valence-corrected chi connectivity index (χ4v) is 2.95. The Morgan fingerprint density at radius 1 is 0.833 bits per heavy atom. The third-order valence-electron chi connectivity index (χ3n) is 4.39. The summed E-state index contributed by atoms with van der Waals surface area (Å²) in [6, 6.07) is 14.6. The number of aryl methyl sites for hydroxylation is 2. The van der Waals surface area contributed by atoms with Gasteiger partial charge in [0, 0.05) is 29.2 Å². The molecule has 0 spiro atoms. The Balaban J connectivity index is 2.08. The van der Waals surface area contributed by atoms with E-state index in [0.29, 0.717) is 0 Å². The van der Waals surface area contributed by atoms with E-state index in [2.05, 4.69) is 31.0 Å². The van der Waals surface area contributed by atoms with Crippen LogP contribution in [-0.4, -0.2) is 14.6 Å². The van der Waals surface area contributed by atoms with Gasteiger partial charge in [0.25, 0.3) is 0 Å². The number of benzene rings is 1. The third kappa shape index (κ3) is 2.27. The minimum Gasteiger partial charge on any atom is -0.265 e. The summed E-state index contributed by atoms with van der Waals surface area (Å²) in [5.74, 6) is -0.250. The van der Waals surface area contributed by atoms with Gasteiger partial charge in [-0.25, -0.2) is 8.91 Å². The molecule has 0 aliphatic carbocycles. The Morgan fingerprint density at radius 3 is 2.25 bits per heavy atom. The van der Waals surface area contributed by atoms with Gasteiger partial charge in [-0.3, -0.25) is 4.98 Å². The van der Waals surface area contributed by atoms with Crippen LogP contribution in [0.3, 0.4) is 0 Å². The second kappa shape index (κ2) is 5.57. The van der Waals surface area contributed by atoms with Crippen molar-refractivity contribution in [3.63, 3.8) is 0 Å². The maximum atomic E-state index is 13.3. The fourth-order valence-electron chi connectivity index (χ4n) is 2.95. The molecule has 0 bridgehead atoms. The van der Waals surface area contributed by atoms with Gasteiger partial charge in [-0.1, -0.05) is 6.07 Å². The highest BCUT2D eigenvalue weighted by Gasteiger charge is 2.17. The van der Waals surface area contributed by atoms with Gasteiger partial charge in [-0.2, -0.15) is 5.10 Å². The van der Waals surface area contributed by atoms with Gasteiger partial charge in [0.15, 0.2) is 0 Å². The van der Waals surface area contributed by atoms with Crippen LogP contribution in [0.2, 0.25) is 0 Å². The van der Waals surface area contributed by atoms with E-state index in [4.69, 9.17) is 5.10 Å². The van der Waals surface area contributed by atoms with Crippen LogP contribution in [0.4, 0.5) is 4.39 Å². The number of nitrogens with zero attached hydrogens (tertiary/aromatic N) is 3. The number of hydrogen-bond donors (Lipinski definition) is 0. The topological polar surface area (TPSA) is 30.2 Å². The number of rotatable bonds is 2. The summed E-state index contributed by atoms with van der Waals surface area (Å²) in [6.07, 6.45) is 3.54. The number of hydrogen-bond acceptors (Lipinski definition) is 2. The molecule has 0 radical (unpaired) electrons. The van der Waals surface area contributed by atoms with E-state index in [9.17, 15) is 4.39 Å². The lowest BCUT2D eigenvalue weighted by molar-refractivity contribution is 0.628. The molecule has 3 aromatic heterocycles. The van der Waals surface area contributed by atoms with Crippen LogP contribution in [0.15, 0.2) is 60.9 Å². The fraction of sp³-hybridized carbons (Fsp3) is 0.100. The molecule has 1 aromatic carbocycles. The van der Waals surface area contributed by atoms with Crippen molar-refractivity contribution < 1.29 is 4.39 Å². The van der Waals surface area contributed by atoms with Crippen LogP contribution >= 0.6 is 0 Å². The van der Waals surface area contributed by atoms with Crippen molar-refractivity contribution >= 4 is 5.52 Å². The zero-order valence-corrected chi connectivity index (χ0v) is 13.5. The molecule has 3 heterocycles. The van der Waals surface area contributed by atoms with Gasteiger partial charge in [0.1, 0.15) is 11.5 Å². The van der Waals surface area contributed by atoms with Crippen LogP contribution in [-0.2, 0) is 0 Å². The van der Waals surface area contributed by atoms with Gasteiger partial charge in [0.2, 0.25) is 0 Å². The van der Waals surface area contributed by atoms with E-state index in [1.807, 2.05) is 16.6 Å². The van der Waals surface area contributed by atoms with E-state index >= 15 is 0 Å². The number of aromatic nitrogens is 3. The first-order valence-corrected chi connectivity index (χ1v) is 7.80. The number of fused-ring (bicyclic) bond motifs is 1. The van der Waals surface area contributed by atoms with Crippen LogP contribution in [0.25, 0.3) is 27.9 Å². The molecule has 0 unspecified atom stereocenters. The molecule has 0 atom stereocenters. The van der Waals surface area contributed by atoms with Crippen molar-refractivity contribution in [3.05, 3.63) is 78.0 Å². The maximum Gasteiger partial charge on any atom is 0.123 e. The quantitative estimate of drug-likeness (QED) is 0.530.